The van der Waals surface area contributed by atoms with E-state index in [1.165, 1.54) is 5.57 Å². The molecule has 8 aliphatic rings. The minimum Gasteiger partial charge on any atom is -0.479 e. The molecule has 382 valence electrons. The second-order valence-electron chi connectivity index (χ2n) is 23.5. The molecule has 7 fully saturated rings. The zero-order chi connectivity index (χ0) is 49.1. The molecule has 0 amide bonds. The SMILES string of the molecule is CC1(C)CC[C@]2(C(=O)O[C@H]3O[C@@H](CO)[C@H](O)[C@@H](O)[C@@H]3O)CC[C@]3(C)C(=CC[C@@H]4[C@@]5(C)CC[C@H](O[C@@H]6O[C@H](C(=O)O)[C@@H](O)[C@H](O)[C@H]6O[C@@H]6O[C@H](CO)[C@@H](O)[C@H](O)[C@H]6O)C(C)(C)[C@H]5CC[C@]43C)[C@H]2C1. The molecule has 0 spiro atoms. The van der Waals surface area contributed by atoms with Crippen LogP contribution in [0.5, 0.6) is 0 Å². The molecule has 0 aromatic carbocycles. The number of carboxylic acids is 1. The lowest BCUT2D eigenvalue weighted by molar-refractivity contribution is -0.374. The van der Waals surface area contributed by atoms with E-state index in [1.54, 1.807) is 0 Å². The Kier molecular flexibility index (Phi) is 13.8. The molecule has 0 bridgehead atoms. The number of hydrogen-bond acceptors (Lipinski definition) is 18. The van der Waals surface area contributed by atoms with Gasteiger partial charge in [-0.15, -0.1) is 0 Å². The third kappa shape index (κ3) is 8.06. The van der Waals surface area contributed by atoms with Gasteiger partial charge in [-0.1, -0.05) is 60.1 Å². The lowest BCUT2D eigenvalue weighted by Crippen LogP contribution is -2.67. The van der Waals surface area contributed by atoms with Gasteiger partial charge in [0.25, 0.3) is 0 Å². The van der Waals surface area contributed by atoms with Crippen LogP contribution in [0.3, 0.4) is 0 Å². The third-order valence-corrected chi connectivity index (χ3v) is 19.3. The van der Waals surface area contributed by atoms with E-state index in [0.29, 0.717) is 25.7 Å². The number of hydrogen-bond donors (Lipinski definition) is 11. The van der Waals surface area contributed by atoms with Crippen molar-refractivity contribution in [1.82, 2.24) is 0 Å². The standard InChI is InChI=1S/C48H76O19/c1-43(2)14-16-48(42(61)67-40-35(58)31(54)29(52)24(20-50)63-40)17-15-46(6)21(22(48)18-43)8-9-26-45(5)12-11-27(44(3,4)25(45)10-13-47(26,46)7)64-41-37(33(56)32(55)36(65-41)38(59)60)66-39-34(57)30(53)28(51)23(19-49)62-39/h8,22-37,39-41,49-58H,9-20H2,1-7H3,(H,59,60)/t22-,23-,24+,25-,26-,27+,28-,29+,30+,31-,32+,33+,34-,35+,36+,37-,39+,40-,41-,45+,46-,47-,48+/m1/s1. The number of rotatable bonds is 9. The van der Waals surface area contributed by atoms with E-state index in [2.05, 4.69) is 54.5 Å². The van der Waals surface area contributed by atoms with Crippen molar-refractivity contribution in [2.45, 2.75) is 211 Å². The van der Waals surface area contributed by atoms with Gasteiger partial charge >= 0.3 is 11.9 Å². The summed E-state index contributed by atoms with van der Waals surface area (Å²) in [4.78, 5) is 27.0. The van der Waals surface area contributed by atoms with E-state index in [9.17, 15) is 65.8 Å². The van der Waals surface area contributed by atoms with Gasteiger partial charge in [0, 0.05) is 0 Å². The van der Waals surface area contributed by atoms with Crippen LogP contribution in [0, 0.1) is 50.2 Å². The monoisotopic (exact) mass is 956 g/mol. The fourth-order valence-corrected chi connectivity index (χ4v) is 15.0. The highest BCUT2D eigenvalue weighted by atomic mass is 16.8. The molecule has 23 atom stereocenters. The number of allylic oxidation sites excluding steroid dienone is 2. The maximum Gasteiger partial charge on any atom is 0.335 e. The first-order chi connectivity index (χ1) is 31.2. The molecule has 11 N–H and O–H groups in total. The van der Waals surface area contributed by atoms with Crippen molar-refractivity contribution in [3.8, 4) is 0 Å². The maximum atomic E-state index is 14.7. The van der Waals surface area contributed by atoms with Gasteiger partial charge in [-0.3, -0.25) is 4.79 Å². The van der Waals surface area contributed by atoms with Crippen LogP contribution in [0.2, 0.25) is 0 Å². The zero-order valence-corrected chi connectivity index (χ0v) is 39.7. The average molecular weight is 957 g/mol. The van der Waals surface area contributed by atoms with Crippen molar-refractivity contribution in [3.63, 3.8) is 0 Å². The van der Waals surface area contributed by atoms with E-state index >= 15 is 0 Å². The van der Waals surface area contributed by atoms with Crippen molar-refractivity contribution in [2.24, 2.45) is 50.2 Å². The summed E-state index contributed by atoms with van der Waals surface area (Å²) in [6, 6.07) is 0. The molecule has 3 heterocycles. The molecule has 3 saturated heterocycles. The van der Waals surface area contributed by atoms with Gasteiger partial charge in [-0.2, -0.15) is 0 Å². The largest absolute Gasteiger partial charge is 0.479 e. The molecule has 0 aromatic rings. The maximum absolute atomic E-state index is 14.7. The van der Waals surface area contributed by atoms with E-state index in [1.807, 2.05) is 0 Å². The number of ether oxygens (including phenoxy) is 6. The van der Waals surface area contributed by atoms with Crippen LogP contribution in [-0.4, -0.2) is 180 Å². The van der Waals surface area contributed by atoms with E-state index in [-0.39, 0.29) is 39.4 Å². The second-order valence-corrected chi connectivity index (χ2v) is 23.5. The summed E-state index contributed by atoms with van der Waals surface area (Å²) in [5.41, 5.74) is -1.05. The second kappa shape index (κ2) is 18.0. The number of carbonyl (C=O) groups excluding carboxylic acids is 1. The molecule has 8 rings (SSSR count). The van der Waals surface area contributed by atoms with Crippen molar-refractivity contribution >= 4 is 11.9 Å². The van der Waals surface area contributed by atoms with Gasteiger partial charge in [0.05, 0.1) is 24.7 Å². The van der Waals surface area contributed by atoms with E-state index in [4.69, 9.17) is 28.4 Å². The number of esters is 1. The number of carbonyl (C=O) groups is 2. The first kappa shape index (κ1) is 51.4. The number of aliphatic hydroxyl groups excluding tert-OH is 10. The van der Waals surface area contributed by atoms with Gasteiger partial charge < -0.3 is 84.6 Å². The molecule has 19 heteroatoms. The Morgan fingerprint density at radius 3 is 1.85 bits per heavy atom. The van der Waals surface area contributed by atoms with Crippen LogP contribution >= 0.6 is 0 Å². The first-order valence-electron chi connectivity index (χ1n) is 24.3. The van der Waals surface area contributed by atoms with Gasteiger partial charge in [0.2, 0.25) is 6.29 Å². The summed E-state index contributed by atoms with van der Waals surface area (Å²) >= 11 is 0. The minimum absolute atomic E-state index is 0.0828. The van der Waals surface area contributed by atoms with Crippen LogP contribution in [0.15, 0.2) is 11.6 Å². The first-order valence-corrected chi connectivity index (χ1v) is 24.3. The summed E-state index contributed by atoms with van der Waals surface area (Å²) in [6.45, 7) is 14.4. The minimum atomic E-state index is -1.98. The molecule has 0 aromatic heterocycles. The zero-order valence-electron chi connectivity index (χ0n) is 39.7. The Morgan fingerprint density at radius 2 is 1.24 bits per heavy atom. The van der Waals surface area contributed by atoms with Crippen LogP contribution in [0.4, 0.5) is 0 Å². The molecule has 4 saturated carbocycles. The molecule has 3 aliphatic heterocycles. The predicted molar refractivity (Wildman–Crippen MR) is 231 cm³/mol. The molecule has 67 heavy (non-hydrogen) atoms. The molecular weight excluding hydrogens is 881 g/mol. The average Bonchev–Trinajstić information content (AvgIpc) is 3.26. The lowest BCUT2D eigenvalue weighted by atomic mass is 9.33. The highest BCUT2D eigenvalue weighted by Gasteiger charge is 2.70. The highest BCUT2D eigenvalue weighted by Crippen LogP contribution is 2.76. The van der Waals surface area contributed by atoms with E-state index in [0.717, 1.165) is 38.5 Å². The fraction of sp³-hybridized carbons (Fsp3) is 0.917. The summed E-state index contributed by atoms with van der Waals surface area (Å²) < 4.78 is 35.7. The number of fused-ring (bicyclic) bond motifs is 7. The van der Waals surface area contributed by atoms with Crippen LogP contribution in [-0.2, 0) is 38.0 Å². The van der Waals surface area contributed by atoms with Gasteiger partial charge in [0.15, 0.2) is 18.7 Å². The molecule has 19 nitrogen and oxygen atoms in total. The molecular formula is C48H76O19. The summed E-state index contributed by atoms with van der Waals surface area (Å²) in [6.07, 6.45) is -16.4. The lowest BCUT2D eigenvalue weighted by Gasteiger charge is -2.71. The summed E-state index contributed by atoms with van der Waals surface area (Å²) in [7, 11) is 0. The number of aliphatic hydroxyl groups is 10. The Balaban J connectivity index is 1.05. The van der Waals surface area contributed by atoms with Crippen molar-refractivity contribution in [2.75, 3.05) is 13.2 Å². The Hall–Kier alpha value is -1.92. The molecule has 0 radical (unpaired) electrons. The van der Waals surface area contributed by atoms with Crippen LogP contribution in [0.1, 0.15) is 113 Å². The third-order valence-electron chi connectivity index (χ3n) is 19.3. The Labute approximate surface area is 391 Å². The predicted octanol–water partition coefficient (Wildman–Crippen LogP) is 0.233. The van der Waals surface area contributed by atoms with Crippen molar-refractivity contribution < 1.29 is 94.2 Å². The highest BCUT2D eigenvalue weighted by molar-refractivity contribution is 5.79. The van der Waals surface area contributed by atoms with Crippen LogP contribution < -0.4 is 0 Å². The smallest absolute Gasteiger partial charge is 0.335 e. The fourth-order valence-electron chi connectivity index (χ4n) is 15.0. The van der Waals surface area contributed by atoms with E-state index < -0.39 is 134 Å². The normalized spacial score (nSPS) is 52.6. The van der Waals surface area contributed by atoms with Gasteiger partial charge in [0.1, 0.15) is 67.1 Å². The summed E-state index contributed by atoms with van der Waals surface area (Å²) in [5.74, 6) is -1.94. The van der Waals surface area contributed by atoms with Crippen LogP contribution in [0.25, 0.3) is 0 Å². The quantitative estimate of drug-likeness (QED) is 0.0838. The molecule has 5 aliphatic carbocycles. The Bertz CT molecular complexity index is 1870. The van der Waals surface area contributed by atoms with Gasteiger partial charge in [-0.05, 0) is 109 Å². The van der Waals surface area contributed by atoms with Gasteiger partial charge in [-0.25, -0.2) is 4.79 Å². The number of aliphatic carboxylic acids is 1. The van der Waals surface area contributed by atoms with Crippen molar-refractivity contribution in [3.05, 3.63) is 11.6 Å². The number of carboxylic acid groups (broad SMARTS) is 1. The Morgan fingerprint density at radius 1 is 0.642 bits per heavy atom. The summed E-state index contributed by atoms with van der Waals surface area (Å²) in [5, 5.41) is 115. The van der Waals surface area contributed by atoms with Crippen molar-refractivity contribution in [1.29, 1.82) is 0 Å². The molecule has 0 unspecified atom stereocenters. The topological polar surface area (TPSA) is 312 Å².